The molecule has 0 saturated carbocycles. The smallest absolute Gasteiger partial charge is 0.125 e. The maximum Gasteiger partial charge on any atom is 0.125 e. The number of hydrogen-bond donors (Lipinski definition) is 1. The molecule has 1 aromatic carbocycles. The van der Waals surface area contributed by atoms with E-state index in [0.717, 1.165) is 22.6 Å². The molecule has 1 aliphatic heterocycles. The average Bonchev–Trinajstić information content (AvgIpc) is 3.00. The van der Waals surface area contributed by atoms with Gasteiger partial charge in [0.2, 0.25) is 0 Å². The second-order valence-electron chi connectivity index (χ2n) is 4.74. The van der Waals surface area contributed by atoms with Gasteiger partial charge in [-0.05, 0) is 35.0 Å². The van der Waals surface area contributed by atoms with Crippen molar-refractivity contribution in [3.8, 4) is 11.5 Å². The Morgan fingerprint density at radius 2 is 2.35 bits per heavy atom. The number of methoxy groups -OCH3 is 1. The number of aliphatic hydroxyl groups is 1. The first-order chi connectivity index (χ1) is 9.60. The molecule has 0 bridgehead atoms. The van der Waals surface area contributed by atoms with E-state index in [-0.39, 0.29) is 6.10 Å². The first-order valence-electron chi connectivity index (χ1n) is 6.24. The van der Waals surface area contributed by atoms with Gasteiger partial charge in [0.05, 0.1) is 17.5 Å². The van der Waals surface area contributed by atoms with Gasteiger partial charge in [-0.15, -0.1) is 11.3 Å². The molecule has 2 aromatic rings. The lowest BCUT2D eigenvalue weighted by atomic mass is 10.0. The van der Waals surface area contributed by atoms with Crippen LogP contribution in [-0.2, 0) is 6.42 Å². The second kappa shape index (κ2) is 5.35. The average molecular weight is 356 g/mol. The van der Waals surface area contributed by atoms with Crippen molar-refractivity contribution >= 4 is 27.3 Å². The Morgan fingerprint density at radius 1 is 1.55 bits per heavy atom. The molecule has 0 spiro atoms. The van der Waals surface area contributed by atoms with E-state index in [1.54, 1.807) is 12.6 Å². The lowest BCUT2D eigenvalue weighted by Gasteiger charge is -2.15. The summed E-state index contributed by atoms with van der Waals surface area (Å²) in [7, 11) is 1.61. The minimum absolute atomic E-state index is 0.164. The number of ether oxygens (including phenoxy) is 2. The summed E-state index contributed by atoms with van der Waals surface area (Å²) in [6.07, 6.45) is 0.251. The Morgan fingerprint density at radius 3 is 3.00 bits per heavy atom. The third-order valence-electron chi connectivity index (χ3n) is 3.34. The van der Waals surface area contributed by atoms with Crippen molar-refractivity contribution in [1.82, 2.24) is 4.98 Å². The first kappa shape index (κ1) is 13.9. The van der Waals surface area contributed by atoms with Crippen molar-refractivity contribution < 1.29 is 14.6 Å². The monoisotopic (exact) mass is 355 g/mol. The summed E-state index contributed by atoms with van der Waals surface area (Å²) >= 11 is 4.75. The van der Waals surface area contributed by atoms with Crippen LogP contribution in [0.15, 0.2) is 22.2 Å². The van der Waals surface area contributed by atoms with Gasteiger partial charge >= 0.3 is 0 Å². The van der Waals surface area contributed by atoms with Crippen LogP contribution in [0, 0.1) is 0 Å². The zero-order chi connectivity index (χ0) is 14.3. The number of aromatic nitrogens is 1. The van der Waals surface area contributed by atoms with Crippen LogP contribution in [0.4, 0.5) is 0 Å². The summed E-state index contributed by atoms with van der Waals surface area (Å²) < 4.78 is 11.8. The van der Waals surface area contributed by atoms with E-state index in [9.17, 15) is 5.11 Å². The third-order valence-corrected chi connectivity index (χ3v) is 5.12. The minimum atomic E-state index is -0.781. The van der Waals surface area contributed by atoms with E-state index in [2.05, 4.69) is 20.9 Å². The molecule has 0 aliphatic carbocycles. The molecular formula is C14H14BrNO3S. The van der Waals surface area contributed by atoms with Crippen LogP contribution in [0.3, 0.4) is 0 Å². The molecule has 0 radical (unpaired) electrons. The molecule has 2 heterocycles. The maximum atomic E-state index is 10.6. The number of thiazole rings is 1. The van der Waals surface area contributed by atoms with Crippen LogP contribution in [-0.4, -0.2) is 23.3 Å². The molecule has 20 heavy (non-hydrogen) atoms. The van der Waals surface area contributed by atoms with Crippen molar-refractivity contribution in [2.24, 2.45) is 0 Å². The first-order valence-corrected chi connectivity index (χ1v) is 7.91. The van der Waals surface area contributed by atoms with E-state index < -0.39 is 6.10 Å². The lowest BCUT2D eigenvalue weighted by Crippen LogP contribution is -2.05. The molecule has 1 aromatic heterocycles. The molecule has 6 heteroatoms. The van der Waals surface area contributed by atoms with Crippen molar-refractivity contribution in [2.45, 2.75) is 25.6 Å². The summed E-state index contributed by atoms with van der Waals surface area (Å²) in [5.74, 6) is 1.50. The molecule has 2 atom stereocenters. The predicted molar refractivity (Wildman–Crippen MR) is 80.7 cm³/mol. The molecule has 2 unspecified atom stereocenters. The Balaban J connectivity index is 2.05. The quantitative estimate of drug-likeness (QED) is 0.917. The third kappa shape index (κ3) is 2.32. The number of halogens is 1. The van der Waals surface area contributed by atoms with Gasteiger partial charge in [-0.2, -0.15) is 0 Å². The van der Waals surface area contributed by atoms with Crippen LogP contribution in [0.2, 0.25) is 0 Å². The lowest BCUT2D eigenvalue weighted by molar-refractivity contribution is 0.215. The van der Waals surface area contributed by atoms with Gasteiger partial charge in [0.1, 0.15) is 28.3 Å². The van der Waals surface area contributed by atoms with Crippen LogP contribution in [0.5, 0.6) is 11.5 Å². The Labute approximate surface area is 129 Å². The summed E-state index contributed by atoms with van der Waals surface area (Å²) in [6, 6.07) is 3.82. The molecular weight excluding hydrogens is 342 g/mol. The van der Waals surface area contributed by atoms with E-state index in [4.69, 9.17) is 9.47 Å². The topological polar surface area (TPSA) is 51.6 Å². The summed E-state index contributed by atoms with van der Waals surface area (Å²) in [6.45, 7) is 2.03. The van der Waals surface area contributed by atoms with E-state index in [1.807, 2.05) is 19.1 Å². The van der Waals surface area contributed by atoms with E-state index >= 15 is 0 Å². The largest absolute Gasteiger partial charge is 0.496 e. The predicted octanol–water partition coefficient (Wildman–Crippen LogP) is 3.32. The van der Waals surface area contributed by atoms with Crippen LogP contribution in [0.1, 0.15) is 29.0 Å². The highest BCUT2D eigenvalue weighted by molar-refractivity contribution is 9.10. The standard InChI is InChI=1S/C14H14BrNO3S/c1-7-3-8-4-11(18-2)9(5-10(8)19-7)12(17)13-14(15)16-6-20-13/h4-7,12,17H,3H2,1-2H3. The summed E-state index contributed by atoms with van der Waals surface area (Å²) in [5, 5.41) is 10.6. The van der Waals surface area contributed by atoms with Crippen LogP contribution < -0.4 is 9.47 Å². The molecule has 3 rings (SSSR count). The number of aliphatic hydroxyl groups excluding tert-OH is 1. The summed E-state index contributed by atoms with van der Waals surface area (Å²) in [4.78, 5) is 4.86. The molecule has 0 saturated heterocycles. The van der Waals surface area contributed by atoms with Gasteiger partial charge in [0, 0.05) is 17.5 Å². The molecule has 4 nitrogen and oxygen atoms in total. The Kier molecular flexibility index (Phi) is 3.70. The van der Waals surface area contributed by atoms with Gasteiger partial charge in [-0.1, -0.05) is 0 Å². The summed E-state index contributed by atoms with van der Waals surface area (Å²) in [5.41, 5.74) is 3.51. The highest BCUT2D eigenvalue weighted by Crippen LogP contribution is 2.41. The minimum Gasteiger partial charge on any atom is -0.496 e. The SMILES string of the molecule is COc1cc2c(cc1C(O)c1scnc1Br)OC(C)C2. The molecule has 1 N–H and O–H groups in total. The molecule has 0 fully saturated rings. The Hall–Kier alpha value is -1.11. The number of hydrogen-bond acceptors (Lipinski definition) is 5. The second-order valence-corrected chi connectivity index (χ2v) is 6.38. The zero-order valence-corrected chi connectivity index (χ0v) is 13.5. The number of fused-ring (bicyclic) bond motifs is 1. The molecule has 1 aliphatic rings. The fraction of sp³-hybridized carbons (Fsp3) is 0.357. The Bertz CT molecular complexity index is 643. The maximum absolute atomic E-state index is 10.6. The van der Waals surface area contributed by atoms with Crippen LogP contribution in [0.25, 0.3) is 0 Å². The van der Waals surface area contributed by atoms with E-state index in [0.29, 0.717) is 15.9 Å². The van der Waals surface area contributed by atoms with Crippen LogP contribution >= 0.6 is 27.3 Å². The van der Waals surface area contributed by atoms with Gasteiger partial charge < -0.3 is 14.6 Å². The number of rotatable bonds is 3. The van der Waals surface area contributed by atoms with Gasteiger partial charge in [0.15, 0.2) is 0 Å². The fourth-order valence-electron chi connectivity index (χ4n) is 2.41. The number of benzene rings is 1. The normalized spacial score (nSPS) is 18.5. The zero-order valence-electron chi connectivity index (χ0n) is 11.1. The van der Waals surface area contributed by atoms with E-state index in [1.165, 1.54) is 11.3 Å². The van der Waals surface area contributed by atoms with Crippen molar-refractivity contribution in [3.63, 3.8) is 0 Å². The molecule has 106 valence electrons. The van der Waals surface area contributed by atoms with Gasteiger partial charge in [-0.25, -0.2) is 4.98 Å². The highest BCUT2D eigenvalue weighted by Gasteiger charge is 2.26. The van der Waals surface area contributed by atoms with Crippen molar-refractivity contribution in [3.05, 3.63) is 38.3 Å². The van der Waals surface area contributed by atoms with Gasteiger partial charge in [0.25, 0.3) is 0 Å². The molecule has 0 amide bonds. The van der Waals surface area contributed by atoms with Gasteiger partial charge in [-0.3, -0.25) is 0 Å². The number of nitrogens with zero attached hydrogens (tertiary/aromatic N) is 1. The van der Waals surface area contributed by atoms with Crippen molar-refractivity contribution in [1.29, 1.82) is 0 Å². The van der Waals surface area contributed by atoms with Crippen molar-refractivity contribution in [2.75, 3.05) is 7.11 Å². The highest BCUT2D eigenvalue weighted by atomic mass is 79.9. The fourth-order valence-corrected chi connectivity index (χ4v) is 3.82.